The normalized spacial score (nSPS) is 19.1. The molecule has 21 heavy (non-hydrogen) atoms. The van der Waals surface area contributed by atoms with Crippen LogP contribution in [-0.2, 0) is 16.8 Å². The molecule has 3 heterocycles. The maximum absolute atomic E-state index is 5.62. The molecule has 0 radical (unpaired) electrons. The van der Waals surface area contributed by atoms with E-state index in [1.807, 2.05) is 26.2 Å². The Labute approximate surface area is 127 Å². The zero-order chi connectivity index (χ0) is 14.9. The first-order chi connectivity index (χ1) is 10.0. The van der Waals surface area contributed by atoms with Crippen LogP contribution in [0.15, 0.2) is 9.90 Å². The predicted octanol–water partition coefficient (Wildman–Crippen LogP) is 3.25. The average Bonchev–Trinajstić information content (AvgIpc) is 3.16. The first kappa shape index (κ1) is 14.5. The predicted molar refractivity (Wildman–Crippen MR) is 77.4 cm³/mol. The molecule has 1 saturated heterocycles. The van der Waals surface area contributed by atoms with E-state index in [0.29, 0.717) is 12.4 Å². The minimum Gasteiger partial charge on any atom is -0.442 e. The minimum atomic E-state index is -0.154. The zero-order valence-electron chi connectivity index (χ0n) is 12.5. The second kappa shape index (κ2) is 5.73. The third-order valence-corrected chi connectivity index (χ3v) is 4.18. The number of hydrogen-bond donors (Lipinski definition) is 0. The van der Waals surface area contributed by atoms with E-state index < -0.39 is 0 Å². The highest BCUT2D eigenvalue weighted by Gasteiger charge is 2.23. The number of thiazole rings is 1. The fraction of sp³-hybridized carbons (Fsp3) is 0.643. The highest BCUT2D eigenvalue weighted by atomic mass is 32.1. The van der Waals surface area contributed by atoms with Crippen LogP contribution in [-0.4, -0.2) is 21.7 Å². The van der Waals surface area contributed by atoms with Crippen molar-refractivity contribution in [3.05, 3.63) is 21.9 Å². The van der Waals surface area contributed by atoms with Crippen LogP contribution in [0.3, 0.4) is 0 Å². The molecule has 0 unspecified atom stereocenters. The number of nitrogens with zero attached hydrogens (tertiary/aromatic N) is 3. The average molecular weight is 309 g/mol. The van der Waals surface area contributed by atoms with Crippen molar-refractivity contribution in [2.45, 2.75) is 51.7 Å². The second-order valence-electron chi connectivity index (χ2n) is 6.10. The Balaban J connectivity index is 1.59. The Kier molecular flexibility index (Phi) is 3.95. The summed E-state index contributed by atoms with van der Waals surface area (Å²) in [6.07, 6.45) is 2.49. The summed E-state index contributed by atoms with van der Waals surface area (Å²) >= 11 is 1.61. The van der Waals surface area contributed by atoms with Crippen molar-refractivity contribution >= 4 is 11.3 Å². The van der Waals surface area contributed by atoms with E-state index >= 15 is 0 Å². The van der Waals surface area contributed by atoms with Crippen molar-refractivity contribution in [1.82, 2.24) is 15.1 Å². The van der Waals surface area contributed by atoms with Gasteiger partial charge >= 0.3 is 6.08 Å². The first-order valence-electron chi connectivity index (χ1n) is 7.05. The molecule has 0 aliphatic carbocycles. The molecule has 0 amide bonds. The van der Waals surface area contributed by atoms with Crippen molar-refractivity contribution in [2.24, 2.45) is 0 Å². The smallest absolute Gasteiger partial charge is 0.417 e. The molecule has 0 N–H and O–H groups in total. The molecule has 2 aromatic rings. The van der Waals surface area contributed by atoms with Gasteiger partial charge in [0.25, 0.3) is 0 Å². The molecule has 3 rings (SSSR count). The van der Waals surface area contributed by atoms with Crippen LogP contribution in [0.25, 0.3) is 0 Å². The summed E-state index contributed by atoms with van der Waals surface area (Å²) in [6.45, 7) is 7.23. The number of rotatable bonds is 4. The summed E-state index contributed by atoms with van der Waals surface area (Å²) in [6, 6.07) is 0. The Morgan fingerprint density at radius 1 is 1.38 bits per heavy atom. The monoisotopic (exact) mass is 309 g/mol. The van der Waals surface area contributed by atoms with Gasteiger partial charge in [0.15, 0.2) is 5.82 Å². The lowest BCUT2D eigenvalue weighted by Crippen LogP contribution is -2.13. The first-order valence-corrected chi connectivity index (χ1v) is 7.93. The molecule has 1 fully saturated rings. The topological polar surface area (TPSA) is 70.3 Å². The molecule has 1 atom stereocenters. The lowest BCUT2D eigenvalue weighted by molar-refractivity contribution is 0.111. The van der Waals surface area contributed by atoms with Gasteiger partial charge in [0.2, 0.25) is 0 Å². The summed E-state index contributed by atoms with van der Waals surface area (Å²) in [5.41, 5.74) is 0.708. The summed E-state index contributed by atoms with van der Waals surface area (Å²) in [7, 11) is 0. The SMILES string of the molecule is CC(C)(C)c1noc(OCc2csc([C@H]3CCCO3)n2)n1. The van der Waals surface area contributed by atoms with Crippen molar-refractivity contribution in [2.75, 3.05) is 6.61 Å². The molecule has 7 heteroatoms. The van der Waals surface area contributed by atoms with Gasteiger partial charge in [-0.1, -0.05) is 25.9 Å². The minimum absolute atomic E-state index is 0.152. The number of ether oxygens (including phenoxy) is 2. The summed E-state index contributed by atoms with van der Waals surface area (Å²) in [5, 5.41) is 6.92. The molecule has 6 nitrogen and oxygen atoms in total. The van der Waals surface area contributed by atoms with Crippen LogP contribution >= 0.6 is 11.3 Å². The molecule has 0 saturated carbocycles. The van der Waals surface area contributed by atoms with Gasteiger partial charge in [-0.15, -0.1) is 11.3 Å². The van der Waals surface area contributed by atoms with Crippen molar-refractivity contribution in [3.8, 4) is 6.08 Å². The standard InChI is InChI=1S/C14H19N3O3S/c1-14(2,3)12-16-13(20-17-12)19-7-9-8-21-11(15-9)10-5-4-6-18-10/h8,10H,4-7H2,1-3H3/t10-/m1/s1. The largest absolute Gasteiger partial charge is 0.442 e. The molecule has 2 aromatic heterocycles. The fourth-order valence-electron chi connectivity index (χ4n) is 2.02. The third-order valence-electron chi connectivity index (χ3n) is 3.20. The highest BCUT2D eigenvalue weighted by Crippen LogP contribution is 2.30. The van der Waals surface area contributed by atoms with Crippen LogP contribution in [0, 0.1) is 0 Å². The second-order valence-corrected chi connectivity index (χ2v) is 6.99. The summed E-state index contributed by atoms with van der Waals surface area (Å²) in [4.78, 5) is 8.77. The van der Waals surface area contributed by atoms with Crippen molar-refractivity contribution in [1.29, 1.82) is 0 Å². The molecule has 1 aliphatic heterocycles. The van der Waals surface area contributed by atoms with E-state index in [4.69, 9.17) is 14.0 Å². The van der Waals surface area contributed by atoms with E-state index in [9.17, 15) is 0 Å². The van der Waals surface area contributed by atoms with Crippen molar-refractivity contribution in [3.63, 3.8) is 0 Å². The Bertz CT molecular complexity index is 597. The van der Waals surface area contributed by atoms with E-state index in [1.165, 1.54) is 0 Å². The molecular weight excluding hydrogens is 290 g/mol. The van der Waals surface area contributed by atoms with Crippen molar-refractivity contribution < 1.29 is 14.0 Å². The lowest BCUT2D eigenvalue weighted by Gasteiger charge is -2.10. The fourth-order valence-corrected chi connectivity index (χ4v) is 2.90. The van der Waals surface area contributed by atoms with Crippen LogP contribution in [0.2, 0.25) is 0 Å². The quantitative estimate of drug-likeness (QED) is 0.863. The van der Waals surface area contributed by atoms with Gasteiger partial charge in [-0.2, -0.15) is 4.98 Å². The molecule has 114 valence electrons. The van der Waals surface area contributed by atoms with Crippen LogP contribution in [0.4, 0.5) is 0 Å². The lowest BCUT2D eigenvalue weighted by atomic mass is 9.96. The van der Waals surface area contributed by atoms with E-state index in [2.05, 4.69) is 15.1 Å². The summed E-state index contributed by atoms with van der Waals surface area (Å²) < 4.78 is 16.2. The highest BCUT2D eigenvalue weighted by molar-refractivity contribution is 7.09. The Morgan fingerprint density at radius 3 is 2.90 bits per heavy atom. The molecule has 0 aromatic carbocycles. The van der Waals surface area contributed by atoms with E-state index in [-0.39, 0.29) is 17.6 Å². The number of hydrogen-bond acceptors (Lipinski definition) is 7. The summed E-state index contributed by atoms with van der Waals surface area (Å²) in [5.74, 6) is 0.635. The van der Waals surface area contributed by atoms with E-state index in [0.717, 1.165) is 30.2 Å². The van der Waals surface area contributed by atoms with Gasteiger partial charge in [0.05, 0.1) is 5.69 Å². The zero-order valence-corrected chi connectivity index (χ0v) is 13.3. The van der Waals surface area contributed by atoms with Gasteiger partial charge in [-0.3, -0.25) is 4.52 Å². The van der Waals surface area contributed by atoms with Gasteiger partial charge in [-0.05, 0) is 12.8 Å². The van der Waals surface area contributed by atoms with Gasteiger partial charge in [-0.25, -0.2) is 4.98 Å². The molecular formula is C14H19N3O3S. The number of aromatic nitrogens is 3. The van der Waals surface area contributed by atoms with Gasteiger partial charge in [0, 0.05) is 17.4 Å². The van der Waals surface area contributed by atoms with Crippen LogP contribution in [0.5, 0.6) is 6.08 Å². The van der Waals surface area contributed by atoms with Gasteiger partial charge < -0.3 is 9.47 Å². The van der Waals surface area contributed by atoms with E-state index in [1.54, 1.807) is 11.3 Å². The maximum Gasteiger partial charge on any atom is 0.417 e. The molecule has 0 bridgehead atoms. The Morgan fingerprint density at radius 2 is 2.24 bits per heavy atom. The molecule has 1 aliphatic rings. The maximum atomic E-state index is 5.62. The van der Waals surface area contributed by atoms with Gasteiger partial charge in [0.1, 0.15) is 17.7 Å². The molecule has 0 spiro atoms. The third kappa shape index (κ3) is 3.41. The Hall–Kier alpha value is -1.47. The van der Waals surface area contributed by atoms with Crippen LogP contribution < -0.4 is 4.74 Å². The van der Waals surface area contributed by atoms with Crippen LogP contribution in [0.1, 0.15) is 56.2 Å².